The molecule has 0 aromatic carbocycles. The Bertz CT molecular complexity index is 449. The molecule has 1 aromatic rings. The van der Waals surface area contributed by atoms with Gasteiger partial charge in [0, 0.05) is 26.6 Å². The molecule has 0 fully saturated rings. The van der Waals surface area contributed by atoms with Crippen LogP contribution in [0.3, 0.4) is 0 Å². The third-order valence-electron chi connectivity index (χ3n) is 2.87. The third kappa shape index (κ3) is 4.45. The minimum absolute atomic E-state index is 0.180. The second kappa shape index (κ2) is 7.79. The van der Waals surface area contributed by atoms with Gasteiger partial charge in [0.1, 0.15) is 5.82 Å². The van der Waals surface area contributed by atoms with Crippen LogP contribution in [0, 0.1) is 5.92 Å². The van der Waals surface area contributed by atoms with Gasteiger partial charge in [-0.2, -0.15) is 0 Å². The number of hydrogen-bond acceptors (Lipinski definition) is 5. The number of nitrogens with one attached hydrogen (secondary N) is 2. The summed E-state index contributed by atoms with van der Waals surface area (Å²) in [7, 11) is 3.40. The van der Waals surface area contributed by atoms with Crippen molar-refractivity contribution in [2.75, 3.05) is 32.6 Å². The molecule has 6 nitrogen and oxygen atoms in total. The predicted molar refractivity (Wildman–Crippen MR) is 79.0 cm³/mol. The summed E-state index contributed by atoms with van der Waals surface area (Å²) in [6, 6.07) is 0. The molecule has 20 heavy (non-hydrogen) atoms. The lowest BCUT2D eigenvalue weighted by molar-refractivity contribution is 0.0929. The van der Waals surface area contributed by atoms with E-state index in [2.05, 4.69) is 20.6 Å². The summed E-state index contributed by atoms with van der Waals surface area (Å²) in [5, 5.41) is 5.82. The van der Waals surface area contributed by atoms with Crippen LogP contribution in [0.5, 0.6) is 0 Å². The van der Waals surface area contributed by atoms with Gasteiger partial charge in [-0.25, -0.2) is 9.97 Å². The molecule has 0 spiro atoms. The van der Waals surface area contributed by atoms with Crippen LogP contribution in [-0.2, 0) is 4.74 Å². The van der Waals surface area contributed by atoms with Crippen LogP contribution in [0.1, 0.15) is 43.0 Å². The SMILES string of the molecule is CNc1cnc(C(C)C)nc1C(=O)NCC(C)COC. The van der Waals surface area contributed by atoms with E-state index in [0.29, 0.717) is 30.4 Å². The number of rotatable bonds is 7. The molecule has 0 aliphatic rings. The largest absolute Gasteiger partial charge is 0.385 e. The Kier molecular flexibility index (Phi) is 6.38. The number of carbonyl (C=O) groups is 1. The Morgan fingerprint density at radius 3 is 2.65 bits per heavy atom. The highest BCUT2D eigenvalue weighted by Gasteiger charge is 2.16. The Morgan fingerprint density at radius 2 is 2.10 bits per heavy atom. The topological polar surface area (TPSA) is 76.1 Å². The van der Waals surface area contributed by atoms with E-state index < -0.39 is 0 Å². The van der Waals surface area contributed by atoms with Gasteiger partial charge in [0.05, 0.1) is 18.5 Å². The van der Waals surface area contributed by atoms with Crippen molar-refractivity contribution in [3.8, 4) is 0 Å². The van der Waals surface area contributed by atoms with Crippen LogP contribution in [-0.4, -0.2) is 43.2 Å². The highest BCUT2D eigenvalue weighted by molar-refractivity contribution is 5.97. The maximum Gasteiger partial charge on any atom is 0.272 e. The van der Waals surface area contributed by atoms with E-state index in [4.69, 9.17) is 4.74 Å². The zero-order valence-corrected chi connectivity index (χ0v) is 12.9. The molecule has 0 aliphatic carbocycles. The van der Waals surface area contributed by atoms with Gasteiger partial charge in [-0.05, 0) is 5.92 Å². The molecular formula is C14H24N4O2. The quantitative estimate of drug-likeness (QED) is 0.794. The normalized spacial score (nSPS) is 12.3. The summed E-state index contributed by atoms with van der Waals surface area (Å²) in [5.41, 5.74) is 1.02. The maximum atomic E-state index is 12.2. The van der Waals surface area contributed by atoms with E-state index in [9.17, 15) is 4.79 Å². The second-order valence-corrected chi connectivity index (χ2v) is 5.17. The first-order valence-corrected chi connectivity index (χ1v) is 6.81. The van der Waals surface area contributed by atoms with E-state index in [1.165, 1.54) is 0 Å². The van der Waals surface area contributed by atoms with Crippen molar-refractivity contribution in [3.63, 3.8) is 0 Å². The van der Waals surface area contributed by atoms with Crippen LogP contribution < -0.4 is 10.6 Å². The van der Waals surface area contributed by atoms with E-state index in [1.54, 1.807) is 20.4 Å². The molecule has 1 unspecified atom stereocenters. The van der Waals surface area contributed by atoms with E-state index in [-0.39, 0.29) is 17.7 Å². The minimum atomic E-state index is -0.193. The average molecular weight is 280 g/mol. The van der Waals surface area contributed by atoms with Crippen molar-refractivity contribution < 1.29 is 9.53 Å². The summed E-state index contributed by atoms with van der Waals surface area (Å²) >= 11 is 0. The molecule has 112 valence electrons. The molecule has 0 aliphatic heterocycles. The Hall–Kier alpha value is -1.69. The summed E-state index contributed by atoms with van der Waals surface area (Å²) < 4.78 is 5.05. The van der Waals surface area contributed by atoms with Crippen LogP contribution >= 0.6 is 0 Å². The van der Waals surface area contributed by atoms with Gasteiger partial charge in [-0.3, -0.25) is 4.79 Å². The lowest BCUT2D eigenvalue weighted by atomic mass is 10.2. The fourth-order valence-corrected chi connectivity index (χ4v) is 1.72. The third-order valence-corrected chi connectivity index (χ3v) is 2.87. The highest BCUT2D eigenvalue weighted by atomic mass is 16.5. The first-order chi connectivity index (χ1) is 9.49. The molecule has 0 saturated carbocycles. The fraction of sp³-hybridized carbons (Fsp3) is 0.643. The predicted octanol–water partition coefficient (Wildman–Crippen LogP) is 1.65. The lowest BCUT2D eigenvalue weighted by Gasteiger charge is -2.14. The van der Waals surface area contributed by atoms with Crippen LogP contribution in [0.15, 0.2) is 6.20 Å². The van der Waals surface area contributed by atoms with Gasteiger partial charge < -0.3 is 15.4 Å². The lowest BCUT2D eigenvalue weighted by Crippen LogP contribution is -2.31. The molecule has 1 aromatic heterocycles. The smallest absolute Gasteiger partial charge is 0.272 e. The summed E-state index contributed by atoms with van der Waals surface area (Å²) in [5.74, 6) is 0.911. The molecule has 0 radical (unpaired) electrons. The summed E-state index contributed by atoms with van der Waals surface area (Å²) in [6.07, 6.45) is 1.65. The molecular weight excluding hydrogens is 256 g/mol. The van der Waals surface area contributed by atoms with Crippen molar-refractivity contribution in [3.05, 3.63) is 17.7 Å². The van der Waals surface area contributed by atoms with E-state index >= 15 is 0 Å². The number of ether oxygens (including phenoxy) is 1. The number of amides is 1. The van der Waals surface area contributed by atoms with Gasteiger partial charge in [0.25, 0.3) is 5.91 Å². The van der Waals surface area contributed by atoms with Crippen LogP contribution in [0.2, 0.25) is 0 Å². The number of methoxy groups -OCH3 is 1. The number of nitrogens with zero attached hydrogens (tertiary/aromatic N) is 2. The Balaban J connectivity index is 2.82. The van der Waals surface area contributed by atoms with E-state index in [1.807, 2.05) is 20.8 Å². The van der Waals surface area contributed by atoms with Crippen molar-refractivity contribution >= 4 is 11.6 Å². The fourth-order valence-electron chi connectivity index (χ4n) is 1.72. The molecule has 1 heterocycles. The zero-order chi connectivity index (χ0) is 15.1. The first kappa shape index (κ1) is 16.4. The van der Waals surface area contributed by atoms with Crippen LogP contribution in [0.4, 0.5) is 5.69 Å². The van der Waals surface area contributed by atoms with Gasteiger partial charge in [0.2, 0.25) is 0 Å². The van der Waals surface area contributed by atoms with Crippen molar-refractivity contribution in [1.29, 1.82) is 0 Å². The number of hydrogen-bond donors (Lipinski definition) is 2. The van der Waals surface area contributed by atoms with Crippen LogP contribution in [0.25, 0.3) is 0 Å². The average Bonchev–Trinajstić information content (AvgIpc) is 2.44. The number of carbonyl (C=O) groups excluding carboxylic acids is 1. The highest BCUT2D eigenvalue weighted by Crippen LogP contribution is 2.15. The Morgan fingerprint density at radius 1 is 1.40 bits per heavy atom. The number of aromatic nitrogens is 2. The van der Waals surface area contributed by atoms with Crippen molar-refractivity contribution in [2.45, 2.75) is 26.7 Å². The molecule has 1 atom stereocenters. The standard InChI is InChI=1S/C14H24N4O2/c1-9(2)13-16-7-11(15-4)12(18-13)14(19)17-6-10(3)8-20-5/h7,9-10,15H,6,8H2,1-5H3,(H,17,19). The Labute approximate surface area is 120 Å². The van der Waals surface area contributed by atoms with Crippen molar-refractivity contribution in [2.24, 2.45) is 5.92 Å². The molecule has 2 N–H and O–H groups in total. The zero-order valence-electron chi connectivity index (χ0n) is 12.9. The monoisotopic (exact) mass is 280 g/mol. The summed E-state index contributed by atoms with van der Waals surface area (Å²) in [6.45, 7) is 7.17. The maximum absolute atomic E-state index is 12.2. The van der Waals surface area contributed by atoms with Crippen molar-refractivity contribution in [1.82, 2.24) is 15.3 Å². The molecule has 0 bridgehead atoms. The molecule has 6 heteroatoms. The van der Waals surface area contributed by atoms with Gasteiger partial charge in [0.15, 0.2) is 5.69 Å². The van der Waals surface area contributed by atoms with E-state index in [0.717, 1.165) is 0 Å². The van der Waals surface area contributed by atoms with Gasteiger partial charge in [-0.1, -0.05) is 20.8 Å². The molecule has 0 saturated heterocycles. The molecule has 1 rings (SSSR count). The minimum Gasteiger partial charge on any atom is -0.385 e. The molecule has 1 amide bonds. The first-order valence-electron chi connectivity index (χ1n) is 6.81. The van der Waals surface area contributed by atoms with Gasteiger partial charge in [-0.15, -0.1) is 0 Å². The second-order valence-electron chi connectivity index (χ2n) is 5.17. The van der Waals surface area contributed by atoms with Gasteiger partial charge >= 0.3 is 0 Å². The number of anilines is 1. The summed E-state index contributed by atoms with van der Waals surface area (Å²) in [4.78, 5) is 20.8.